The molecule has 0 spiro atoms. The molecule has 3 N–H and O–H groups in total. The Morgan fingerprint density at radius 3 is 2.50 bits per heavy atom. The number of anilines is 1. The number of aryl methyl sites for hydroxylation is 1. The number of unbranched alkanes of at least 4 members (excludes halogenated alkanes) is 3. The second-order valence-electron chi connectivity index (χ2n) is 8.94. The van der Waals surface area contributed by atoms with Crippen molar-refractivity contribution < 1.29 is 9.18 Å². The Balaban J connectivity index is 1.78. The molecule has 1 unspecified atom stereocenters. The van der Waals surface area contributed by atoms with Crippen molar-refractivity contribution in [1.82, 2.24) is 19.5 Å². The van der Waals surface area contributed by atoms with Crippen LogP contribution in [0.3, 0.4) is 0 Å². The summed E-state index contributed by atoms with van der Waals surface area (Å²) >= 11 is 0. The van der Waals surface area contributed by atoms with Gasteiger partial charge in [-0.2, -0.15) is 0 Å². The second-order valence-corrected chi connectivity index (χ2v) is 8.94. The van der Waals surface area contributed by atoms with E-state index in [1.807, 2.05) is 12.1 Å². The summed E-state index contributed by atoms with van der Waals surface area (Å²) in [6, 6.07) is 13.7. The zero-order valence-electron chi connectivity index (χ0n) is 20.4. The van der Waals surface area contributed by atoms with Crippen LogP contribution in [0.25, 0.3) is 11.2 Å². The van der Waals surface area contributed by atoms with Gasteiger partial charge in [0.25, 0.3) is 5.56 Å². The molecule has 2 heterocycles. The monoisotopic (exact) mass is 491 g/mol. The van der Waals surface area contributed by atoms with Gasteiger partial charge in [0.2, 0.25) is 5.91 Å². The van der Waals surface area contributed by atoms with Crippen LogP contribution in [0.1, 0.15) is 62.4 Å². The molecule has 0 bridgehead atoms. The van der Waals surface area contributed by atoms with Crippen LogP contribution >= 0.6 is 0 Å². The predicted octanol–water partition coefficient (Wildman–Crippen LogP) is 4.47. The standard InChI is InChI=1S/C27H30FN5O3/c1-3-4-5-8-15-33-25-23(26(35)32-27(33)36)30-24(31-25)21(16-19-9-6-7-10-22(19)28)18-11-13-20(14-12-18)29-17(2)34/h6-7,9-14,21H,3-5,8,15-16H2,1-2H3,(H,29,34)(H,30,31)(H,32,35,36). The van der Waals surface area contributed by atoms with Gasteiger partial charge in [-0.15, -0.1) is 0 Å². The van der Waals surface area contributed by atoms with E-state index in [2.05, 4.69) is 22.2 Å². The number of carbonyl (C=O) groups excluding carboxylic acids is 1. The zero-order chi connectivity index (χ0) is 25.7. The van der Waals surface area contributed by atoms with Crippen molar-refractivity contribution in [3.8, 4) is 0 Å². The molecule has 0 fully saturated rings. The maximum Gasteiger partial charge on any atom is 0.330 e. The molecule has 0 radical (unpaired) electrons. The number of carbonyl (C=O) groups is 1. The number of nitrogens with zero attached hydrogens (tertiary/aromatic N) is 2. The van der Waals surface area contributed by atoms with Gasteiger partial charge in [-0.1, -0.05) is 56.5 Å². The third kappa shape index (κ3) is 5.62. The summed E-state index contributed by atoms with van der Waals surface area (Å²) in [5.74, 6) is -0.485. The Kier molecular flexibility index (Phi) is 7.77. The summed E-state index contributed by atoms with van der Waals surface area (Å²) in [7, 11) is 0. The molecule has 188 valence electrons. The topological polar surface area (TPSA) is 113 Å². The van der Waals surface area contributed by atoms with E-state index in [1.165, 1.54) is 17.6 Å². The van der Waals surface area contributed by atoms with E-state index in [1.54, 1.807) is 30.3 Å². The fourth-order valence-electron chi connectivity index (χ4n) is 4.39. The normalized spacial score (nSPS) is 12.1. The summed E-state index contributed by atoms with van der Waals surface area (Å²) in [5.41, 5.74) is 1.44. The number of amides is 1. The Bertz CT molecular complexity index is 1470. The number of rotatable bonds is 10. The smallest absolute Gasteiger partial charge is 0.330 e. The van der Waals surface area contributed by atoms with E-state index in [4.69, 9.17) is 4.98 Å². The van der Waals surface area contributed by atoms with Gasteiger partial charge in [0, 0.05) is 25.1 Å². The Hall–Kier alpha value is -4.01. The van der Waals surface area contributed by atoms with Crippen molar-refractivity contribution in [3.63, 3.8) is 0 Å². The molecule has 8 nitrogen and oxygen atoms in total. The van der Waals surface area contributed by atoms with Crippen molar-refractivity contribution in [2.24, 2.45) is 0 Å². The van der Waals surface area contributed by atoms with Gasteiger partial charge in [-0.25, -0.2) is 14.2 Å². The van der Waals surface area contributed by atoms with E-state index >= 15 is 0 Å². The number of benzene rings is 2. The number of hydrogen-bond donors (Lipinski definition) is 3. The number of aromatic amines is 2. The van der Waals surface area contributed by atoms with Gasteiger partial charge in [0.05, 0.1) is 0 Å². The molecule has 2 aromatic heterocycles. The first-order chi connectivity index (χ1) is 17.4. The minimum Gasteiger partial charge on any atom is -0.336 e. The van der Waals surface area contributed by atoms with Crippen LogP contribution in [0.2, 0.25) is 0 Å². The van der Waals surface area contributed by atoms with Crippen LogP contribution in [0.15, 0.2) is 58.1 Å². The summed E-state index contributed by atoms with van der Waals surface area (Å²) in [6.45, 7) is 3.99. The Morgan fingerprint density at radius 1 is 1.06 bits per heavy atom. The van der Waals surface area contributed by atoms with Gasteiger partial charge in [-0.3, -0.25) is 19.1 Å². The molecule has 0 aliphatic rings. The lowest BCUT2D eigenvalue weighted by atomic mass is 9.91. The lowest BCUT2D eigenvalue weighted by molar-refractivity contribution is -0.114. The van der Waals surface area contributed by atoms with Crippen LogP contribution in [-0.4, -0.2) is 25.4 Å². The van der Waals surface area contributed by atoms with E-state index < -0.39 is 17.2 Å². The molecular formula is C27H30FN5O3. The van der Waals surface area contributed by atoms with E-state index in [9.17, 15) is 18.8 Å². The molecule has 1 atom stereocenters. The number of H-pyrrole nitrogens is 2. The molecule has 4 rings (SSSR count). The average Bonchev–Trinajstić information content (AvgIpc) is 3.29. The number of nitrogens with one attached hydrogen (secondary N) is 3. The van der Waals surface area contributed by atoms with Crippen LogP contribution in [0.5, 0.6) is 0 Å². The highest BCUT2D eigenvalue weighted by Crippen LogP contribution is 2.29. The van der Waals surface area contributed by atoms with Crippen molar-refractivity contribution in [2.45, 2.75) is 58.4 Å². The van der Waals surface area contributed by atoms with Crippen molar-refractivity contribution >= 4 is 22.8 Å². The number of halogens is 1. The molecule has 0 aliphatic carbocycles. The molecule has 0 aliphatic heterocycles. The molecular weight excluding hydrogens is 461 g/mol. The van der Waals surface area contributed by atoms with Crippen LogP contribution < -0.4 is 16.6 Å². The lowest BCUT2D eigenvalue weighted by Crippen LogP contribution is -2.30. The van der Waals surface area contributed by atoms with Crippen LogP contribution in [-0.2, 0) is 17.8 Å². The highest BCUT2D eigenvalue weighted by Gasteiger charge is 2.23. The number of hydrogen-bond acceptors (Lipinski definition) is 4. The van der Waals surface area contributed by atoms with Crippen molar-refractivity contribution in [2.75, 3.05) is 5.32 Å². The fourth-order valence-corrected chi connectivity index (χ4v) is 4.39. The summed E-state index contributed by atoms with van der Waals surface area (Å²) in [5, 5.41) is 2.73. The first-order valence-corrected chi connectivity index (χ1v) is 12.2. The summed E-state index contributed by atoms with van der Waals surface area (Å²) in [6.07, 6.45) is 4.18. The number of aromatic nitrogens is 4. The zero-order valence-corrected chi connectivity index (χ0v) is 20.4. The second kappa shape index (κ2) is 11.2. The van der Waals surface area contributed by atoms with Crippen LogP contribution in [0.4, 0.5) is 10.1 Å². The first kappa shape index (κ1) is 25.1. The highest BCUT2D eigenvalue weighted by molar-refractivity contribution is 5.88. The fraction of sp³-hybridized carbons (Fsp3) is 0.333. The van der Waals surface area contributed by atoms with Crippen molar-refractivity contribution in [3.05, 3.63) is 92.1 Å². The predicted molar refractivity (Wildman–Crippen MR) is 138 cm³/mol. The summed E-state index contributed by atoms with van der Waals surface area (Å²) < 4.78 is 16.1. The molecule has 4 aromatic rings. The van der Waals surface area contributed by atoms with Crippen LogP contribution in [0, 0.1) is 5.82 Å². The van der Waals surface area contributed by atoms with Gasteiger partial charge < -0.3 is 10.3 Å². The van der Waals surface area contributed by atoms with Gasteiger partial charge in [0.1, 0.15) is 17.2 Å². The number of fused-ring (bicyclic) bond motifs is 1. The Morgan fingerprint density at radius 2 is 1.81 bits per heavy atom. The minimum atomic E-state index is -0.538. The molecule has 9 heteroatoms. The third-order valence-corrected chi connectivity index (χ3v) is 6.23. The lowest BCUT2D eigenvalue weighted by Gasteiger charge is -2.16. The van der Waals surface area contributed by atoms with E-state index in [0.29, 0.717) is 29.3 Å². The number of imidazole rings is 1. The summed E-state index contributed by atoms with van der Waals surface area (Å²) in [4.78, 5) is 46.8. The Labute approximate surface area is 207 Å². The quantitative estimate of drug-likeness (QED) is 0.284. The molecule has 1 amide bonds. The largest absolute Gasteiger partial charge is 0.336 e. The average molecular weight is 492 g/mol. The minimum absolute atomic E-state index is 0.181. The first-order valence-electron chi connectivity index (χ1n) is 12.2. The SMILES string of the molecule is CCCCCCn1c(=O)[nH]c(=O)c2[nH]c(C(Cc3ccccc3F)c3ccc(NC(C)=O)cc3)nc21. The van der Waals surface area contributed by atoms with Gasteiger partial charge in [0.15, 0.2) is 5.65 Å². The van der Waals surface area contributed by atoms with Crippen molar-refractivity contribution in [1.29, 1.82) is 0 Å². The molecule has 2 aromatic carbocycles. The van der Waals surface area contributed by atoms with Gasteiger partial charge >= 0.3 is 5.69 Å². The van der Waals surface area contributed by atoms with E-state index in [0.717, 1.165) is 31.2 Å². The molecule has 36 heavy (non-hydrogen) atoms. The molecule has 0 saturated heterocycles. The van der Waals surface area contributed by atoms with Gasteiger partial charge in [-0.05, 0) is 42.2 Å². The van der Waals surface area contributed by atoms with E-state index in [-0.39, 0.29) is 23.7 Å². The maximum absolute atomic E-state index is 14.6. The maximum atomic E-state index is 14.6. The third-order valence-electron chi connectivity index (χ3n) is 6.23. The highest BCUT2D eigenvalue weighted by atomic mass is 19.1. The molecule has 0 saturated carbocycles.